The van der Waals surface area contributed by atoms with Gasteiger partial charge in [0.1, 0.15) is 0 Å². The summed E-state index contributed by atoms with van der Waals surface area (Å²) in [5.74, 6) is 9.28. The van der Waals surface area contributed by atoms with E-state index in [0.717, 1.165) is 17.9 Å². The quantitative estimate of drug-likeness (QED) is 0.476. The summed E-state index contributed by atoms with van der Waals surface area (Å²) in [4.78, 5) is 11.6. The van der Waals surface area contributed by atoms with E-state index in [1.165, 1.54) is 43.7 Å². The van der Waals surface area contributed by atoms with Crippen molar-refractivity contribution >= 4 is 25.4 Å². The van der Waals surface area contributed by atoms with Gasteiger partial charge < -0.3 is 0 Å². The third kappa shape index (κ3) is 4.63. The van der Waals surface area contributed by atoms with Gasteiger partial charge in [-0.3, -0.25) is 0 Å². The molecule has 0 heterocycles. The molecule has 1 saturated carbocycles. The third-order valence-electron chi connectivity index (χ3n) is 3.96. The Labute approximate surface area is 133 Å². The SMILES string of the molecule is COC(=O)c1ccc([Se]C)c(C#CCC2CCCCC2)c1. The van der Waals surface area contributed by atoms with Crippen LogP contribution in [0.5, 0.6) is 0 Å². The normalized spacial score (nSPS) is 15.1. The zero-order valence-electron chi connectivity index (χ0n) is 12.8. The Kier molecular flexibility index (Phi) is 6.36. The van der Waals surface area contributed by atoms with Crippen molar-refractivity contribution in [3.05, 3.63) is 29.3 Å². The van der Waals surface area contributed by atoms with Gasteiger partial charge in [-0.05, 0) is 0 Å². The fraction of sp³-hybridized carbons (Fsp3) is 0.500. The first kappa shape index (κ1) is 16.1. The second-order valence-corrected chi connectivity index (χ2v) is 7.20. The van der Waals surface area contributed by atoms with Gasteiger partial charge in [-0.15, -0.1) is 0 Å². The number of carbonyl (C=O) groups excluding carboxylic acids is 1. The predicted octanol–water partition coefficient (Wildman–Crippen LogP) is 3.17. The van der Waals surface area contributed by atoms with E-state index in [4.69, 9.17) is 4.74 Å². The van der Waals surface area contributed by atoms with Gasteiger partial charge in [0, 0.05) is 0 Å². The Balaban J connectivity index is 2.11. The van der Waals surface area contributed by atoms with Crippen molar-refractivity contribution in [2.45, 2.75) is 44.3 Å². The van der Waals surface area contributed by atoms with Crippen LogP contribution in [-0.2, 0) is 4.74 Å². The Hall–Kier alpha value is -1.23. The van der Waals surface area contributed by atoms with Gasteiger partial charge in [0.25, 0.3) is 0 Å². The Morgan fingerprint density at radius 2 is 2.10 bits per heavy atom. The monoisotopic (exact) mass is 350 g/mol. The van der Waals surface area contributed by atoms with E-state index in [1.54, 1.807) is 0 Å². The van der Waals surface area contributed by atoms with Crippen LogP contribution < -0.4 is 4.46 Å². The van der Waals surface area contributed by atoms with E-state index in [0.29, 0.717) is 20.5 Å². The molecule has 0 aromatic heterocycles. The van der Waals surface area contributed by atoms with Gasteiger partial charge in [-0.1, -0.05) is 0 Å². The molecule has 1 aromatic rings. The fourth-order valence-electron chi connectivity index (χ4n) is 2.73. The molecule has 0 amide bonds. The van der Waals surface area contributed by atoms with Crippen molar-refractivity contribution in [1.82, 2.24) is 0 Å². The van der Waals surface area contributed by atoms with Gasteiger partial charge in [0.05, 0.1) is 0 Å². The van der Waals surface area contributed by atoms with Crippen LogP contribution in [0.25, 0.3) is 0 Å². The van der Waals surface area contributed by atoms with Crippen LogP contribution in [-0.4, -0.2) is 28.0 Å². The first-order valence-corrected chi connectivity index (χ1v) is 10.1. The molecule has 3 heteroatoms. The second kappa shape index (κ2) is 8.27. The summed E-state index contributed by atoms with van der Waals surface area (Å²) < 4.78 is 6.04. The number of methoxy groups -OCH3 is 1. The minimum absolute atomic E-state index is 0.291. The summed E-state index contributed by atoms with van der Waals surface area (Å²) in [7, 11) is 1.41. The molecule has 0 unspecified atom stereocenters. The molecule has 0 N–H and O–H groups in total. The first-order chi connectivity index (χ1) is 10.2. The molecule has 0 radical (unpaired) electrons. The van der Waals surface area contributed by atoms with Crippen molar-refractivity contribution < 1.29 is 9.53 Å². The molecule has 1 aromatic carbocycles. The number of hydrogen-bond acceptors (Lipinski definition) is 2. The first-order valence-electron chi connectivity index (χ1n) is 7.50. The molecule has 0 atom stereocenters. The van der Waals surface area contributed by atoms with Gasteiger partial charge in [-0.2, -0.15) is 0 Å². The molecular weight excluding hydrogens is 327 g/mol. The number of ether oxygens (including phenoxy) is 1. The van der Waals surface area contributed by atoms with Crippen LogP contribution in [0.1, 0.15) is 54.4 Å². The third-order valence-corrected chi connectivity index (χ3v) is 5.63. The maximum absolute atomic E-state index is 11.6. The topological polar surface area (TPSA) is 26.3 Å². The molecule has 0 bridgehead atoms. The van der Waals surface area contributed by atoms with Crippen LogP contribution in [0.2, 0.25) is 5.82 Å². The second-order valence-electron chi connectivity index (χ2n) is 5.42. The van der Waals surface area contributed by atoms with E-state index in [9.17, 15) is 4.79 Å². The van der Waals surface area contributed by atoms with Crippen LogP contribution in [0, 0.1) is 17.8 Å². The molecule has 1 fully saturated rings. The Morgan fingerprint density at radius 1 is 1.33 bits per heavy atom. The average molecular weight is 349 g/mol. The number of benzene rings is 1. The van der Waals surface area contributed by atoms with Crippen molar-refractivity contribution in [1.29, 1.82) is 0 Å². The summed E-state index contributed by atoms with van der Waals surface area (Å²) in [6, 6.07) is 5.72. The summed E-state index contributed by atoms with van der Waals surface area (Å²) in [5, 5.41) is 0. The van der Waals surface area contributed by atoms with Crippen molar-refractivity contribution in [3.63, 3.8) is 0 Å². The zero-order valence-corrected chi connectivity index (χ0v) is 14.5. The Morgan fingerprint density at radius 3 is 2.76 bits per heavy atom. The molecule has 1 aliphatic carbocycles. The Bertz CT molecular complexity index is 548. The van der Waals surface area contributed by atoms with Gasteiger partial charge in [-0.25, -0.2) is 0 Å². The number of esters is 1. The predicted molar refractivity (Wildman–Crippen MR) is 87.1 cm³/mol. The standard InChI is InChI=1S/C18H22O2Se/c1-20-18(19)16-11-12-17(21-2)15(13-16)10-6-9-14-7-4-3-5-8-14/h11-14H,3-5,7-9H2,1-2H3. The van der Waals surface area contributed by atoms with E-state index >= 15 is 0 Å². The molecule has 2 rings (SSSR count). The van der Waals surface area contributed by atoms with E-state index < -0.39 is 0 Å². The average Bonchev–Trinajstić information content (AvgIpc) is 2.55. The molecule has 0 aliphatic heterocycles. The molecular formula is C18H22O2Se. The van der Waals surface area contributed by atoms with Crippen LogP contribution >= 0.6 is 0 Å². The molecule has 0 saturated heterocycles. The fourth-order valence-corrected chi connectivity index (χ4v) is 3.85. The van der Waals surface area contributed by atoms with Crippen molar-refractivity contribution in [2.24, 2.45) is 5.92 Å². The van der Waals surface area contributed by atoms with E-state index in [1.807, 2.05) is 18.2 Å². The number of carbonyl (C=O) groups is 1. The maximum atomic E-state index is 11.6. The summed E-state index contributed by atoms with van der Waals surface area (Å²) in [6.45, 7) is 0. The van der Waals surface area contributed by atoms with Crippen molar-refractivity contribution in [2.75, 3.05) is 7.11 Å². The zero-order chi connectivity index (χ0) is 15.1. The molecule has 0 spiro atoms. The van der Waals surface area contributed by atoms with Crippen LogP contribution in [0.4, 0.5) is 0 Å². The van der Waals surface area contributed by atoms with E-state index in [-0.39, 0.29) is 5.97 Å². The van der Waals surface area contributed by atoms with Crippen LogP contribution in [0.3, 0.4) is 0 Å². The number of hydrogen-bond donors (Lipinski definition) is 0. The molecule has 1 aliphatic rings. The van der Waals surface area contributed by atoms with Gasteiger partial charge in [0.15, 0.2) is 0 Å². The molecule has 21 heavy (non-hydrogen) atoms. The molecule has 2 nitrogen and oxygen atoms in total. The van der Waals surface area contributed by atoms with Gasteiger partial charge >= 0.3 is 133 Å². The van der Waals surface area contributed by atoms with E-state index in [2.05, 4.69) is 17.7 Å². The summed E-state index contributed by atoms with van der Waals surface area (Å²) in [5.41, 5.74) is 1.59. The summed E-state index contributed by atoms with van der Waals surface area (Å²) in [6.07, 6.45) is 7.72. The van der Waals surface area contributed by atoms with Crippen molar-refractivity contribution in [3.8, 4) is 11.8 Å². The minimum atomic E-state index is -0.291. The number of rotatable bonds is 3. The molecule has 112 valence electrons. The van der Waals surface area contributed by atoms with Gasteiger partial charge in [0.2, 0.25) is 0 Å². The summed E-state index contributed by atoms with van der Waals surface area (Å²) >= 11 is 0.378. The van der Waals surface area contributed by atoms with Crippen LogP contribution in [0.15, 0.2) is 18.2 Å².